The molecule has 0 bridgehead atoms. The highest BCUT2D eigenvalue weighted by Crippen LogP contribution is 2.41. The molecule has 1 saturated heterocycles. The number of aryl methyl sites for hydroxylation is 1. The first-order valence-electron chi connectivity index (χ1n) is 11.3. The van der Waals surface area contributed by atoms with Crippen LogP contribution in [0.3, 0.4) is 0 Å². The number of pyridine rings is 2. The Labute approximate surface area is 184 Å². The molecule has 3 aromatic rings. The average Bonchev–Trinajstić information content (AvgIpc) is 3.15. The fraction of sp³-hybridized carbons (Fsp3) is 0.385. The third kappa shape index (κ3) is 4.63. The van der Waals surface area contributed by atoms with Crippen molar-refractivity contribution in [2.45, 2.75) is 26.2 Å². The number of benzene rings is 1. The Hall–Kier alpha value is -2.76. The maximum atomic E-state index is 5.46. The normalized spacial score (nSPS) is 15.5. The predicted octanol–water partition coefficient (Wildman–Crippen LogP) is 4.08. The van der Waals surface area contributed by atoms with Crippen LogP contribution in [0.2, 0.25) is 0 Å². The van der Waals surface area contributed by atoms with Crippen LogP contribution in [0.1, 0.15) is 34.4 Å². The molecule has 5 heteroatoms. The van der Waals surface area contributed by atoms with E-state index in [4.69, 9.17) is 9.72 Å². The summed E-state index contributed by atoms with van der Waals surface area (Å²) in [7, 11) is 0. The molecule has 0 atom stereocenters. The maximum absolute atomic E-state index is 5.46. The van der Waals surface area contributed by atoms with Crippen LogP contribution in [0, 0.1) is 6.92 Å². The van der Waals surface area contributed by atoms with Crippen molar-refractivity contribution in [2.75, 3.05) is 44.7 Å². The second kappa shape index (κ2) is 9.16. The number of rotatable bonds is 7. The van der Waals surface area contributed by atoms with Gasteiger partial charge in [0, 0.05) is 49.7 Å². The fourth-order valence-electron chi connectivity index (χ4n) is 4.68. The topological polar surface area (TPSA) is 50.3 Å². The third-order valence-corrected chi connectivity index (χ3v) is 6.22. The van der Waals surface area contributed by atoms with Crippen LogP contribution in [0.4, 0.5) is 5.82 Å². The van der Waals surface area contributed by atoms with E-state index in [1.165, 1.54) is 33.4 Å². The molecule has 1 aliphatic heterocycles. The smallest absolute Gasteiger partial charge is 0.134 e. The fourth-order valence-corrected chi connectivity index (χ4v) is 4.68. The van der Waals surface area contributed by atoms with Crippen molar-refractivity contribution in [1.82, 2.24) is 14.9 Å². The van der Waals surface area contributed by atoms with E-state index in [-0.39, 0.29) is 0 Å². The molecule has 0 unspecified atom stereocenters. The molecule has 1 aromatic carbocycles. The highest BCUT2D eigenvalue weighted by Gasteiger charge is 2.24. The van der Waals surface area contributed by atoms with Gasteiger partial charge in [0.2, 0.25) is 0 Å². The zero-order valence-corrected chi connectivity index (χ0v) is 18.2. The van der Waals surface area contributed by atoms with E-state index in [0.29, 0.717) is 0 Å². The predicted molar refractivity (Wildman–Crippen MR) is 125 cm³/mol. The molecule has 2 aliphatic rings. The van der Waals surface area contributed by atoms with Crippen LogP contribution in [0.25, 0.3) is 11.1 Å². The monoisotopic (exact) mass is 414 g/mol. The van der Waals surface area contributed by atoms with Gasteiger partial charge in [0.25, 0.3) is 0 Å². The number of nitrogens with zero attached hydrogens (tertiary/aromatic N) is 3. The summed E-state index contributed by atoms with van der Waals surface area (Å²) in [5, 5.41) is 3.68. The minimum absolute atomic E-state index is 0.805. The lowest BCUT2D eigenvalue weighted by Gasteiger charge is -2.26. The van der Waals surface area contributed by atoms with Gasteiger partial charge in [-0.05, 0) is 60.7 Å². The molecule has 5 rings (SSSR count). The Kier molecular flexibility index (Phi) is 5.96. The van der Waals surface area contributed by atoms with Crippen LogP contribution >= 0.6 is 0 Å². The highest BCUT2D eigenvalue weighted by molar-refractivity contribution is 5.85. The molecule has 2 aromatic heterocycles. The summed E-state index contributed by atoms with van der Waals surface area (Å²) in [6.45, 7) is 7.99. The van der Waals surface area contributed by atoms with Crippen molar-refractivity contribution >= 4 is 5.82 Å². The second-order valence-electron chi connectivity index (χ2n) is 8.61. The highest BCUT2D eigenvalue weighted by atomic mass is 16.5. The molecule has 1 N–H and O–H groups in total. The summed E-state index contributed by atoms with van der Waals surface area (Å²) in [5.41, 5.74) is 9.02. The molecule has 160 valence electrons. The van der Waals surface area contributed by atoms with Gasteiger partial charge in [-0.15, -0.1) is 0 Å². The van der Waals surface area contributed by atoms with E-state index >= 15 is 0 Å². The van der Waals surface area contributed by atoms with Gasteiger partial charge in [-0.3, -0.25) is 9.88 Å². The van der Waals surface area contributed by atoms with Crippen LogP contribution in [0.5, 0.6) is 0 Å². The molecule has 5 nitrogen and oxygen atoms in total. The minimum atomic E-state index is 0.805. The van der Waals surface area contributed by atoms with E-state index in [1.54, 1.807) is 0 Å². The number of fused-ring (bicyclic) bond motifs is 3. The van der Waals surface area contributed by atoms with E-state index in [0.717, 1.165) is 70.2 Å². The number of aromatic nitrogens is 2. The summed E-state index contributed by atoms with van der Waals surface area (Å²) in [5.74, 6) is 1.03. The lowest BCUT2D eigenvalue weighted by molar-refractivity contribution is 0.0378. The lowest BCUT2D eigenvalue weighted by atomic mass is 10.0. The molecular weight excluding hydrogens is 384 g/mol. The number of hydrogen-bond donors (Lipinski definition) is 1. The van der Waals surface area contributed by atoms with Gasteiger partial charge in [0.05, 0.1) is 13.2 Å². The van der Waals surface area contributed by atoms with Gasteiger partial charge in [-0.25, -0.2) is 4.98 Å². The number of ether oxygens (including phenoxy) is 1. The molecule has 0 amide bonds. The zero-order chi connectivity index (χ0) is 21.0. The quantitative estimate of drug-likeness (QED) is 0.462. The lowest BCUT2D eigenvalue weighted by Crippen LogP contribution is -2.37. The summed E-state index contributed by atoms with van der Waals surface area (Å²) < 4.78 is 5.46. The van der Waals surface area contributed by atoms with Crippen LogP contribution in [-0.2, 0) is 17.6 Å². The number of nitrogens with one attached hydrogen (secondary N) is 1. The van der Waals surface area contributed by atoms with Crippen LogP contribution in [-0.4, -0.2) is 54.3 Å². The first-order valence-corrected chi connectivity index (χ1v) is 11.3. The minimum Gasteiger partial charge on any atom is -0.379 e. The van der Waals surface area contributed by atoms with Gasteiger partial charge >= 0.3 is 0 Å². The molecule has 1 aliphatic carbocycles. The average molecular weight is 415 g/mol. The SMILES string of the molecule is Cc1ccc2c(c1)Cc1cc(Cc3cccnc3)nc(NCCCN3CCOCC3)c1-2. The summed E-state index contributed by atoms with van der Waals surface area (Å²) in [6, 6.07) is 13.2. The molecule has 0 radical (unpaired) electrons. The van der Waals surface area contributed by atoms with Crippen molar-refractivity contribution in [3.63, 3.8) is 0 Å². The summed E-state index contributed by atoms with van der Waals surface area (Å²) in [6.07, 6.45) is 6.64. The molecule has 3 heterocycles. The Morgan fingerprint density at radius 2 is 2.00 bits per heavy atom. The second-order valence-corrected chi connectivity index (χ2v) is 8.61. The largest absolute Gasteiger partial charge is 0.379 e. The van der Waals surface area contributed by atoms with Crippen molar-refractivity contribution < 1.29 is 4.74 Å². The van der Waals surface area contributed by atoms with Crippen molar-refractivity contribution in [3.05, 3.63) is 76.7 Å². The third-order valence-electron chi connectivity index (χ3n) is 6.22. The summed E-state index contributed by atoms with van der Waals surface area (Å²) in [4.78, 5) is 11.8. The van der Waals surface area contributed by atoms with Gasteiger partial charge in [0.1, 0.15) is 5.82 Å². The van der Waals surface area contributed by atoms with Gasteiger partial charge in [-0.1, -0.05) is 29.8 Å². The number of hydrogen-bond acceptors (Lipinski definition) is 5. The molecular formula is C26H30N4O. The standard InChI is InChI=1S/C26H30N4O/c1-19-5-6-24-21(14-19)16-22-17-23(15-20-4-2-7-27-18-20)29-26(25(22)24)28-8-3-9-30-10-12-31-13-11-30/h2,4-7,14,17-18H,3,8-13,15-16H2,1H3,(H,28,29). The van der Waals surface area contributed by atoms with Gasteiger partial charge in [0.15, 0.2) is 0 Å². The van der Waals surface area contributed by atoms with Crippen LogP contribution < -0.4 is 5.32 Å². The molecule has 31 heavy (non-hydrogen) atoms. The summed E-state index contributed by atoms with van der Waals surface area (Å²) >= 11 is 0. The van der Waals surface area contributed by atoms with E-state index in [2.05, 4.69) is 52.5 Å². The van der Waals surface area contributed by atoms with Gasteiger partial charge in [-0.2, -0.15) is 0 Å². The Balaban J connectivity index is 1.37. The van der Waals surface area contributed by atoms with Crippen molar-refractivity contribution in [2.24, 2.45) is 0 Å². The van der Waals surface area contributed by atoms with Crippen LogP contribution in [0.15, 0.2) is 48.8 Å². The zero-order valence-electron chi connectivity index (χ0n) is 18.2. The maximum Gasteiger partial charge on any atom is 0.134 e. The number of anilines is 1. The van der Waals surface area contributed by atoms with E-state index in [1.807, 2.05) is 18.5 Å². The van der Waals surface area contributed by atoms with Crippen molar-refractivity contribution in [3.8, 4) is 11.1 Å². The first-order chi connectivity index (χ1) is 15.3. The number of morpholine rings is 1. The first kappa shape index (κ1) is 20.2. The van der Waals surface area contributed by atoms with E-state index in [9.17, 15) is 0 Å². The van der Waals surface area contributed by atoms with Crippen molar-refractivity contribution in [1.29, 1.82) is 0 Å². The molecule has 0 spiro atoms. The van der Waals surface area contributed by atoms with Gasteiger partial charge < -0.3 is 10.1 Å². The Morgan fingerprint density at radius 3 is 2.84 bits per heavy atom. The Morgan fingerprint density at radius 1 is 1.10 bits per heavy atom. The van der Waals surface area contributed by atoms with E-state index < -0.39 is 0 Å². The molecule has 0 saturated carbocycles. The molecule has 1 fully saturated rings. The Bertz CT molecular complexity index is 1040.